The second-order valence-electron chi connectivity index (χ2n) is 8.00. The number of anilines is 1. The molecule has 1 aromatic heterocycles. The maximum absolute atomic E-state index is 12.1. The van der Waals surface area contributed by atoms with E-state index < -0.39 is 0 Å². The van der Waals surface area contributed by atoms with E-state index in [-0.39, 0.29) is 17.9 Å². The fourth-order valence-corrected chi connectivity index (χ4v) is 3.71. The molecular formula is C22H30N4O3. The van der Waals surface area contributed by atoms with E-state index in [2.05, 4.69) is 15.3 Å². The predicted molar refractivity (Wildman–Crippen MR) is 112 cm³/mol. The Morgan fingerprint density at radius 2 is 1.86 bits per heavy atom. The van der Waals surface area contributed by atoms with Crippen molar-refractivity contribution in [2.24, 2.45) is 5.92 Å². The van der Waals surface area contributed by atoms with Gasteiger partial charge in [-0.1, -0.05) is 26.0 Å². The molecule has 3 rings (SSSR count). The number of amides is 1. The molecule has 0 unspecified atom stereocenters. The molecular weight excluding hydrogens is 368 g/mol. The summed E-state index contributed by atoms with van der Waals surface area (Å²) >= 11 is 0. The zero-order chi connectivity index (χ0) is 20.8. The van der Waals surface area contributed by atoms with Crippen LogP contribution in [0.4, 0.5) is 5.82 Å². The minimum atomic E-state index is -0.312. The molecule has 1 fully saturated rings. The first-order valence-electron chi connectivity index (χ1n) is 10.2. The highest BCUT2D eigenvalue weighted by Gasteiger charge is 2.23. The Kier molecular flexibility index (Phi) is 7.04. The molecule has 2 aromatic rings. The maximum atomic E-state index is 12.1. The van der Waals surface area contributed by atoms with Crippen molar-refractivity contribution in [2.45, 2.75) is 45.7 Å². The molecule has 1 saturated heterocycles. The van der Waals surface area contributed by atoms with Crippen molar-refractivity contribution in [1.82, 2.24) is 14.7 Å². The number of methoxy groups -OCH3 is 1. The van der Waals surface area contributed by atoms with Gasteiger partial charge in [0.15, 0.2) is 0 Å². The average Bonchev–Trinajstić information content (AvgIpc) is 3.16. The summed E-state index contributed by atoms with van der Waals surface area (Å²) in [5.74, 6) is 0.839. The van der Waals surface area contributed by atoms with Crippen LogP contribution in [-0.4, -0.2) is 46.8 Å². The number of benzene rings is 1. The molecule has 7 nitrogen and oxygen atoms in total. The van der Waals surface area contributed by atoms with Crippen LogP contribution in [0.1, 0.15) is 55.1 Å². The second-order valence-corrected chi connectivity index (χ2v) is 8.00. The van der Waals surface area contributed by atoms with Gasteiger partial charge in [0.05, 0.1) is 24.9 Å². The van der Waals surface area contributed by atoms with E-state index in [1.165, 1.54) is 12.7 Å². The summed E-state index contributed by atoms with van der Waals surface area (Å²) in [6, 6.07) is 9.74. The molecule has 0 saturated carbocycles. The van der Waals surface area contributed by atoms with Crippen LogP contribution in [0.3, 0.4) is 0 Å². The van der Waals surface area contributed by atoms with Crippen molar-refractivity contribution in [3.8, 4) is 0 Å². The number of esters is 1. The Morgan fingerprint density at radius 3 is 2.48 bits per heavy atom. The normalized spacial score (nSPS) is 15.4. The molecule has 1 N–H and O–H groups in total. The van der Waals surface area contributed by atoms with Gasteiger partial charge in [-0.15, -0.1) is 0 Å². The molecule has 29 heavy (non-hydrogen) atoms. The lowest BCUT2D eigenvalue weighted by atomic mass is 10.0. The number of hydrogen-bond donors (Lipinski definition) is 1. The third-order valence-corrected chi connectivity index (χ3v) is 5.22. The molecule has 1 aromatic carbocycles. The third-order valence-electron chi connectivity index (χ3n) is 5.22. The Labute approximate surface area is 172 Å². The van der Waals surface area contributed by atoms with E-state index in [0.29, 0.717) is 17.9 Å². The molecule has 156 valence electrons. The number of likely N-dealkylation sites (tertiary alicyclic amines) is 1. The largest absolute Gasteiger partial charge is 0.465 e. The number of ether oxygens (including phenoxy) is 1. The van der Waals surface area contributed by atoms with Crippen molar-refractivity contribution >= 4 is 17.7 Å². The summed E-state index contributed by atoms with van der Waals surface area (Å²) in [5.41, 5.74) is 1.75. The van der Waals surface area contributed by atoms with E-state index in [1.807, 2.05) is 48.9 Å². The highest BCUT2D eigenvalue weighted by molar-refractivity contribution is 5.90. The second kappa shape index (κ2) is 9.69. The van der Waals surface area contributed by atoms with Crippen molar-refractivity contribution in [1.29, 1.82) is 0 Å². The van der Waals surface area contributed by atoms with Gasteiger partial charge in [0.1, 0.15) is 5.82 Å². The SMILES string of the molecule is COC(=O)c1ccc(CN2CCC(n3nccc3NC(=O)CC(C)C)CC2)cc1. The first kappa shape index (κ1) is 21.0. The van der Waals surface area contributed by atoms with E-state index >= 15 is 0 Å². The zero-order valence-corrected chi connectivity index (χ0v) is 17.4. The first-order chi connectivity index (χ1) is 14.0. The molecule has 0 aliphatic carbocycles. The van der Waals surface area contributed by atoms with Crippen LogP contribution in [0.25, 0.3) is 0 Å². The minimum absolute atomic E-state index is 0.0367. The predicted octanol–water partition coefficient (Wildman–Crippen LogP) is 3.49. The van der Waals surface area contributed by atoms with Gasteiger partial charge in [-0.2, -0.15) is 5.10 Å². The Balaban J connectivity index is 1.53. The monoisotopic (exact) mass is 398 g/mol. The van der Waals surface area contributed by atoms with Gasteiger partial charge < -0.3 is 10.1 Å². The quantitative estimate of drug-likeness (QED) is 0.723. The smallest absolute Gasteiger partial charge is 0.337 e. The standard InChI is InChI=1S/C22H30N4O3/c1-16(2)14-21(27)24-20-8-11-23-26(20)19-9-12-25(13-10-19)15-17-4-6-18(7-5-17)22(28)29-3/h4-8,11,16,19H,9-10,12-15H2,1-3H3,(H,24,27). The van der Waals surface area contributed by atoms with Crippen LogP contribution in [0.15, 0.2) is 36.5 Å². The molecule has 1 aliphatic heterocycles. The molecule has 1 aliphatic rings. The Bertz CT molecular complexity index is 821. The van der Waals surface area contributed by atoms with E-state index in [9.17, 15) is 9.59 Å². The number of nitrogens with zero attached hydrogens (tertiary/aromatic N) is 3. The van der Waals surface area contributed by atoms with Gasteiger partial charge in [-0.3, -0.25) is 9.69 Å². The first-order valence-corrected chi connectivity index (χ1v) is 10.2. The highest BCUT2D eigenvalue weighted by atomic mass is 16.5. The van der Waals surface area contributed by atoms with Crippen molar-refractivity contribution in [3.05, 3.63) is 47.7 Å². The van der Waals surface area contributed by atoms with E-state index in [4.69, 9.17) is 4.74 Å². The van der Waals surface area contributed by atoms with Crippen molar-refractivity contribution < 1.29 is 14.3 Å². The molecule has 0 atom stereocenters. The number of aromatic nitrogens is 2. The van der Waals surface area contributed by atoms with Gasteiger partial charge in [0.25, 0.3) is 0 Å². The topological polar surface area (TPSA) is 76.5 Å². The molecule has 0 bridgehead atoms. The van der Waals surface area contributed by atoms with Crippen LogP contribution in [-0.2, 0) is 16.1 Å². The molecule has 0 radical (unpaired) electrons. The molecule has 2 heterocycles. The number of piperidine rings is 1. The van der Waals surface area contributed by atoms with Gasteiger partial charge in [-0.05, 0) is 36.5 Å². The number of nitrogens with one attached hydrogen (secondary N) is 1. The third kappa shape index (κ3) is 5.67. The summed E-state index contributed by atoms with van der Waals surface area (Å²) in [5, 5.41) is 7.45. The summed E-state index contributed by atoms with van der Waals surface area (Å²) < 4.78 is 6.70. The number of rotatable bonds is 7. The fourth-order valence-electron chi connectivity index (χ4n) is 3.71. The maximum Gasteiger partial charge on any atom is 0.337 e. The zero-order valence-electron chi connectivity index (χ0n) is 17.4. The Morgan fingerprint density at radius 1 is 1.17 bits per heavy atom. The van der Waals surface area contributed by atoms with Gasteiger partial charge in [0.2, 0.25) is 5.91 Å². The minimum Gasteiger partial charge on any atom is -0.465 e. The number of carbonyl (C=O) groups excluding carboxylic acids is 2. The molecule has 7 heteroatoms. The summed E-state index contributed by atoms with van der Waals surface area (Å²) in [6.45, 7) is 6.85. The van der Waals surface area contributed by atoms with Gasteiger partial charge >= 0.3 is 5.97 Å². The molecule has 0 spiro atoms. The van der Waals surface area contributed by atoms with E-state index in [0.717, 1.165) is 38.3 Å². The number of hydrogen-bond acceptors (Lipinski definition) is 5. The van der Waals surface area contributed by atoms with Gasteiger partial charge in [-0.25, -0.2) is 9.48 Å². The van der Waals surface area contributed by atoms with Crippen LogP contribution in [0.2, 0.25) is 0 Å². The lowest BCUT2D eigenvalue weighted by Crippen LogP contribution is -2.35. The summed E-state index contributed by atoms with van der Waals surface area (Å²) in [4.78, 5) is 26.1. The van der Waals surface area contributed by atoms with Crippen LogP contribution >= 0.6 is 0 Å². The Hall–Kier alpha value is -2.67. The highest BCUT2D eigenvalue weighted by Crippen LogP contribution is 2.26. The lowest BCUT2D eigenvalue weighted by Gasteiger charge is -2.32. The average molecular weight is 399 g/mol. The molecule has 1 amide bonds. The van der Waals surface area contributed by atoms with Crippen LogP contribution in [0, 0.1) is 5.92 Å². The summed E-state index contributed by atoms with van der Waals surface area (Å²) in [7, 11) is 1.39. The number of carbonyl (C=O) groups is 2. The van der Waals surface area contributed by atoms with Crippen molar-refractivity contribution in [3.63, 3.8) is 0 Å². The lowest BCUT2D eigenvalue weighted by molar-refractivity contribution is -0.116. The van der Waals surface area contributed by atoms with Crippen LogP contribution < -0.4 is 5.32 Å². The van der Waals surface area contributed by atoms with Crippen LogP contribution in [0.5, 0.6) is 0 Å². The summed E-state index contributed by atoms with van der Waals surface area (Å²) in [6.07, 6.45) is 4.22. The van der Waals surface area contributed by atoms with E-state index in [1.54, 1.807) is 6.20 Å². The van der Waals surface area contributed by atoms with Crippen molar-refractivity contribution in [2.75, 3.05) is 25.5 Å². The van der Waals surface area contributed by atoms with Gasteiger partial charge in [0, 0.05) is 32.1 Å². The fraction of sp³-hybridized carbons (Fsp3) is 0.500.